The van der Waals surface area contributed by atoms with E-state index < -0.39 is 5.91 Å². The molecule has 1 aromatic heterocycles. The van der Waals surface area contributed by atoms with Crippen LogP contribution in [0, 0.1) is 0 Å². The molecule has 0 bridgehead atoms. The fourth-order valence-electron chi connectivity index (χ4n) is 1.50. The van der Waals surface area contributed by atoms with E-state index in [1.807, 2.05) is 0 Å². The number of H-pyrrole nitrogens is 1. The number of nitrogens with one attached hydrogen (secondary N) is 1. The summed E-state index contributed by atoms with van der Waals surface area (Å²) in [5.74, 6) is -0.142. The summed E-state index contributed by atoms with van der Waals surface area (Å²) in [6, 6.07) is 3.79. The van der Waals surface area contributed by atoms with Crippen LogP contribution in [0.2, 0.25) is 0 Å². The number of nitrogens with zero attached hydrogens (tertiary/aromatic N) is 3. The van der Waals surface area contributed by atoms with E-state index in [0.29, 0.717) is 5.82 Å². The number of phenolic OH excluding ortho intramolecular Hbond substituents is 2. The first-order valence-electron chi connectivity index (χ1n) is 5.19. The van der Waals surface area contributed by atoms with Crippen LogP contribution in [0.25, 0.3) is 0 Å². The molecule has 1 heterocycles. The lowest BCUT2D eigenvalue weighted by Crippen LogP contribution is -2.26. The number of carbonyl (C=O) groups is 1. The van der Waals surface area contributed by atoms with Gasteiger partial charge in [-0.15, -0.1) is 0 Å². The molecule has 0 saturated heterocycles. The molecule has 0 aliphatic carbocycles. The highest BCUT2D eigenvalue weighted by atomic mass is 16.3. The molecule has 0 spiro atoms. The van der Waals surface area contributed by atoms with Crippen LogP contribution < -0.4 is 0 Å². The summed E-state index contributed by atoms with van der Waals surface area (Å²) in [7, 11) is 1.56. The number of carbonyl (C=O) groups excluding carboxylic acids is 1. The minimum atomic E-state index is -0.417. The SMILES string of the molecule is CN(Cc1ncn[nH]1)C(=O)c1cc(O)ccc1O. The van der Waals surface area contributed by atoms with Gasteiger partial charge in [-0.1, -0.05) is 0 Å². The Labute approximate surface area is 103 Å². The molecule has 0 fully saturated rings. The minimum Gasteiger partial charge on any atom is -0.508 e. The topological polar surface area (TPSA) is 102 Å². The van der Waals surface area contributed by atoms with E-state index in [0.717, 1.165) is 0 Å². The van der Waals surface area contributed by atoms with Gasteiger partial charge < -0.3 is 15.1 Å². The van der Waals surface area contributed by atoms with Crippen LogP contribution in [0.3, 0.4) is 0 Å². The van der Waals surface area contributed by atoms with E-state index in [-0.39, 0.29) is 23.6 Å². The zero-order valence-corrected chi connectivity index (χ0v) is 9.66. The van der Waals surface area contributed by atoms with Crippen molar-refractivity contribution >= 4 is 5.91 Å². The number of amides is 1. The summed E-state index contributed by atoms with van der Waals surface area (Å²) >= 11 is 0. The van der Waals surface area contributed by atoms with Gasteiger partial charge in [0.1, 0.15) is 23.7 Å². The fourth-order valence-corrected chi connectivity index (χ4v) is 1.50. The van der Waals surface area contributed by atoms with Crippen molar-refractivity contribution < 1.29 is 15.0 Å². The smallest absolute Gasteiger partial charge is 0.257 e. The summed E-state index contributed by atoms with van der Waals surface area (Å²) in [6.45, 7) is 0.230. The molecule has 2 rings (SSSR count). The molecule has 0 aliphatic heterocycles. The monoisotopic (exact) mass is 248 g/mol. The van der Waals surface area contributed by atoms with Gasteiger partial charge in [-0.2, -0.15) is 5.10 Å². The maximum Gasteiger partial charge on any atom is 0.257 e. The predicted octanol–water partition coefficient (Wildman–Crippen LogP) is 0.488. The highest BCUT2D eigenvalue weighted by Crippen LogP contribution is 2.23. The lowest BCUT2D eigenvalue weighted by atomic mass is 10.1. The minimum absolute atomic E-state index is 0.0389. The van der Waals surface area contributed by atoms with E-state index in [1.54, 1.807) is 7.05 Å². The van der Waals surface area contributed by atoms with Crippen molar-refractivity contribution in [3.8, 4) is 11.5 Å². The number of hydrogen-bond acceptors (Lipinski definition) is 5. The quantitative estimate of drug-likeness (QED) is 0.686. The van der Waals surface area contributed by atoms with E-state index in [1.165, 1.54) is 29.4 Å². The second-order valence-electron chi connectivity index (χ2n) is 3.79. The standard InChI is InChI=1S/C11H12N4O3/c1-15(5-10-12-6-13-14-10)11(18)8-4-7(16)2-3-9(8)17/h2-4,6,16-17H,5H2,1H3,(H,12,13,14). The van der Waals surface area contributed by atoms with Crippen molar-refractivity contribution in [2.45, 2.75) is 6.54 Å². The van der Waals surface area contributed by atoms with Crippen LogP contribution in [0.5, 0.6) is 11.5 Å². The fraction of sp³-hybridized carbons (Fsp3) is 0.182. The van der Waals surface area contributed by atoms with Crippen LogP contribution in [-0.2, 0) is 6.54 Å². The zero-order valence-electron chi connectivity index (χ0n) is 9.66. The Morgan fingerprint density at radius 2 is 2.22 bits per heavy atom. The third-order valence-corrected chi connectivity index (χ3v) is 2.41. The van der Waals surface area contributed by atoms with Gasteiger partial charge in [0.15, 0.2) is 0 Å². The third kappa shape index (κ3) is 2.40. The highest BCUT2D eigenvalue weighted by Gasteiger charge is 2.17. The third-order valence-electron chi connectivity index (χ3n) is 2.41. The Balaban J connectivity index is 2.17. The Morgan fingerprint density at radius 1 is 1.44 bits per heavy atom. The predicted molar refractivity (Wildman–Crippen MR) is 62.0 cm³/mol. The Morgan fingerprint density at radius 3 is 2.89 bits per heavy atom. The molecule has 7 nitrogen and oxygen atoms in total. The van der Waals surface area contributed by atoms with Gasteiger partial charge in [0, 0.05) is 7.05 Å². The molecular formula is C11H12N4O3. The summed E-state index contributed by atoms with van der Waals surface area (Å²) in [5.41, 5.74) is 0.0389. The normalized spacial score (nSPS) is 10.3. The summed E-state index contributed by atoms with van der Waals surface area (Å²) in [6.07, 6.45) is 1.35. The molecule has 3 N–H and O–H groups in total. The maximum absolute atomic E-state index is 12.0. The molecule has 7 heteroatoms. The molecule has 1 amide bonds. The number of aromatic hydroxyl groups is 2. The van der Waals surface area contributed by atoms with Crippen LogP contribution >= 0.6 is 0 Å². The average Bonchev–Trinajstić information content (AvgIpc) is 2.84. The van der Waals surface area contributed by atoms with Crippen molar-refractivity contribution in [2.75, 3.05) is 7.05 Å². The summed E-state index contributed by atoms with van der Waals surface area (Å²) in [5, 5.41) is 25.2. The van der Waals surface area contributed by atoms with Gasteiger partial charge >= 0.3 is 0 Å². The molecule has 0 radical (unpaired) electrons. The second-order valence-corrected chi connectivity index (χ2v) is 3.79. The number of phenols is 2. The van der Waals surface area contributed by atoms with Crippen LogP contribution in [-0.4, -0.2) is 43.2 Å². The van der Waals surface area contributed by atoms with Gasteiger partial charge in [-0.3, -0.25) is 9.89 Å². The van der Waals surface area contributed by atoms with Crippen molar-refractivity contribution in [3.63, 3.8) is 0 Å². The number of benzene rings is 1. The molecule has 0 saturated carbocycles. The van der Waals surface area contributed by atoms with Gasteiger partial charge in [-0.25, -0.2) is 4.98 Å². The number of aromatic amines is 1. The maximum atomic E-state index is 12.0. The highest BCUT2D eigenvalue weighted by molar-refractivity contribution is 5.97. The molecule has 0 unspecified atom stereocenters. The molecule has 0 atom stereocenters. The Bertz CT molecular complexity index is 553. The lowest BCUT2D eigenvalue weighted by Gasteiger charge is -2.16. The zero-order chi connectivity index (χ0) is 13.1. The van der Waals surface area contributed by atoms with Crippen LogP contribution in [0.15, 0.2) is 24.5 Å². The molecule has 94 valence electrons. The van der Waals surface area contributed by atoms with Crippen molar-refractivity contribution in [1.82, 2.24) is 20.1 Å². The Kier molecular flexibility index (Phi) is 3.13. The van der Waals surface area contributed by atoms with Crippen molar-refractivity contribution in [2.24, 2.45) is 0 Å². The number of hydrogen-bond donors (Lipinski definition) is 3. The summed E-state index contributed by atoms with van der Waals surface area (Å²) < 4.78 is 0. The molecule has 2 aromatic rings. The van der Waals surface area contributed by atoms with Crippen LogP contribution in [0.4, 0.5) is 0 Å². The summed E-state index contributed by atoms with van der Waals surface area (Å²) in [4.78, 5) is 17.3. The van der Waals surface area contributed by atoms with Crippen molar-refractivity contribution in [3.05, 3.63) is 35.9 Å². The van der Waals surface area contributed by atoms with Crippen molar-refractivity contribution in [1.29, 1.82) is 0 Å². The van der Waals surface area contributed by atoms with Gasteiger partial charge in [0.25, 0.3) is 5.91 Å². The van der Waals surface area contributed by atoms with Gasteiger partial charge in [-0.05, 0) is 18.2 Å². The molecule has 0 aliphatic rings. The molecular weight excluding hydrogens is 236 g/mol. The van der Waals surface area contributed by atoms with Gasteiger partial charge in [0.05, 0.1) is 12.1 Å². The second kappa shape index (κ2) is 4.74. The number of aromatic nitrogens is 3. The first-order chi connectivity index (χ1) is 8.58. The lowest BCUT2D eigenvalue weighted by molar-refractivity contribution is 0.0778. The largest absolute Gasteiger partial charge is 0.508 e. The molecule has 18 heavy (non-hydrogen) atoms. The number of rotatable bonds is 3. The van der Waals surface area contributed by atoms with E-state index in [9.17, 15) is 15.0 Å². The van der Waals surface area contributed by atoms with E-state index in [4.69, 9.17) is 0 Å². The average molecular weight is 248 g/mol. The first kappa shape index (κ1) is 11.9. The van der Waals surface area contributed by atoms with E-state index in [2.05, 4.69) is 15.2 Å². The van der Waals surface area contributed by atoms with Gasteiger partial charge in [0.2, 0.25) is 0 Å². The van der Waals surface area contributed by atoms with Crippen LogP contribution in [0.1, 0.15) is 16.2 Å². The first-order valence-corrected chi connectivity index (χ1v) is 5.19. The van der Waals surface area contributed by atoms with E-state index >= 15 is 0 Å². The molecule has 1 aromatic carbocycles. The Hall–Kier alpha value is -2.57.